The number of ether oxygens (including phenoxy) is 3. The van der Waals surface area contributed by atoms with E-state index in [4.69, 9.17) is 14.2 Å². The van der Waals surface area contributed by atoms with Crippen molar-refractivity contribution in [1.29, 1.82) is 0 Å². The summed E-state index contributed by atoms with van der Waals surface area (Å²) in [5.74, 6) is 1.51. The summed E-state index contributed by atoms with van der Waals surface area (Å²) >= 11 is 0. The van der Waals surface area contributed by atoms with Gasteiger partial charge in [-0.15, -0.1) is 0 Å². The van der Waals surface area contributed by atoms with Gasteiger partial charge in [-0.3, -0.25) is 14.5 Å². The van der Waals surface area contributed by atoms with Crippen LogP contribution in [0, 0.1) is 11.8 Å². The van der Waals surface area contributed by atoms with Crippen LogP contribution in [0.3, 0.4) is 0 Å². The summed E-state index contributed by atoms with van der Waals surface area (Å²) in [5.41, 5.74) is 1.43. The second kappa shape index (κ2) is 12.0. The van der Waals surface area contributed by atoms with Crippen LogP contribution in [-0.4, -0.2) is 81.3 Å². The fourth-order valence-electron chi connectivity index (χ4n) is 4.84. The third-order valence-electron chi connectivity index (χ3n) is 7.37. The van der Waals surface area contributed by atoms with Crippen molar-refractivity contribution in [1.82, 2.24) is 9.80 Å². The first kappa shape index (κ1) is 26.9. The minimum absolute atomic E-state index is 0.0777. The number of fused-ring (bicyclic) bond motifs is 1. The van der Waals surface area contributed by atoms with E-state index in [2.05, 4.69) is 24.1 Å². The van der Waals surface area contributed by atoms with Crippen LogP contribution < -0.4 is 14.8 Å². The lowest BCUT2D eigenvalue weighted by Crippen LogP contribution is -2.47. The average molecular weight is 510 g/mol. The predicted octanol–water partition coefficient (Wildman–Crippen LogP) is 4.16. The fraction of sp³-hybridized carbons (Fsp3) is 0.517. The largest absolute Gasteiger partial charge is 0.496 e. The van der Waals surface area contributed by atoms with E-state index in [9.17, 15) is 9.59 Å². The van der Waals surface area contributed by atoms with E-state index >= 15 is 0 Å². The van der Waals surface area contributed by atoms with Crippen LogP contribution in [-0.2, 0) is 4.74 Å². The zero-order valence-electron chi connectivity index (χ0n) is 22.5. The predicted molar refractivity (Wildman–Crippen MR) is 144 cm³/mol. The van der Waals surface area contributed by atoms with Crippen molar-refractivity contribution in [3.05, 3.63) is 53.6 Å². The third-order valence-corrected chi connectivity index (χ3v) is 7.37. The van der Waals surface area contributed by atoms with E-state index in [0.29, 0.717) is 41.5 Å². The van der Waals surface area contributed by atoms with Crippen molar-refractivity contribution in [2.24, 2.45) is 11.8 Å². The van der Waals surface area contributed by atoms with Gasteiger partial charge in [-0.25, -0.2) is 0 Å². The first-order valence-electron chi connectivity index (χ1n) is 13.0. The minimum Gasteiger partial charge on any atom is -0.496 e. The molecule has 4 rings (SSSR count). The minimum atomic E-state index is -0.296. The number of methoxy groups -OCH3 is 2. The van der Waals surface area contributed by atoms with Crippen molar-refractivity contribution < 1.29 is 23.8 Å². The highest BCUT2D eigenvalue weighted by atomic mass is 16.5. The Morgan fingerprint density at radius 1 is 1.11 bits per heavy atom. The highest BCUT2D eigenvalue weighted by molar-refractivity contribution is 6.06. The Balaban J connectivity index is 1.61. The molecule has 0 aromatic heterocycles. The van der Waals surface area contributed by atoms with Gasteiger partial charge in [-0.1, -0.05) is 19.1 Å². The highest BCUT2D eigenvalue weighted by Gasteiger charge is 2.31. The van der Waals surface area contributed by atoms with E-state index in [1.165, 1.54) is 20.0 Å². The molecule has 1 fully saturated rings. The van der Waals surface area contributed by atoms with E-state index in [0.717, 1.165) is 19.0 Å². The van der Waals surface area contributed by atoms with Crippen LogP contribution in [0.25, 0.3) is 0 Å². The van der Waals surface area contributed by atoms with Crippen molar-refractivity contribution in [2.75, 3.05) is 52.8 Å². The number of carbonyl (C=O) groups is 2. The number of hydrogen-bond donors (Lipinski definition) is 1. The molecule has 1 saturated carbocycles. The molecule has 0 radical (unpaired) electrons. The molecular formula is C29H39N3O5. The van der Waals surface area contributed by atoms with Crippen molar-refractivity contribution >= 4 is 17.5 Å². The molecule has 0 spiro atoms. The van der Waals surface area contributed by atoms with Gasteiger partial charge < -0.3 is 24.4 Å². The van der Waals surface area contributed by atoms with Crippen molar-refractivity contribution in [3.63, 3.8) is 0 Å². The molecule has 1 N–H and O–H groups in total. The van der Waals surface area contributed by atoms with Crippen molar-refractivity contribution in [3.8, 4) is 11.5 Å². The SMILES string of the molecule is COc1ccccc1C(=O)Nc1ccc2c(c1)OC[C@@H](C)N(CC1CC1)C[C@H](C)[C@H](OC)CN(C)C2=O. The molecule has 0 bridgehead atoms. The van der Waals surface area contributed by atoms with E-state index in [-0.39, 0.29) is 29.9 Å². The van der Waals surface area contributed by atoms with Gasteiger partial charge in [0.25, 0.3) is 11.8 Å². The van der Waals surface area contributed by atoms with Gasteiger partial charge in [0.15, 0.2) is 0 Å². The lowest BCUT2D eigenvalue weighted by Gasteiger charge is -2.36. The quantitative estimate of drug-likeness (QED) is 0.630. The van der Waals surface area contributed by atoms with Crippen LogP contribution in [0.2, 0.25) is 0 Å². The second-order valence-electron chi connectivity index (χ2n) is 10.4. The maximum absolute atomic E-state index is 13.4. The van der Waals surface area contributed by atoms with Gasteiger partial charge in [-0.2, -0.15) is 0 Å². The Morgan fingerprint density at radius 3 is 2.57 bits per heavy atom. The van der Waals surface area contributed by atoms with Gasteiger partial charge in [0, 0.05) is 51.6 Å². The Kier molecular flexibility index (Phi) is 8.71. The number of anilines is 1. The molecule has 3 atom stereocenters. The molecule has 2 amide bonds. The molecule has 1 aliphatic heterocycles. The molecule has 8 nitrogen and oxygen atoms in total. The molecule has 2 aromatic rings. The molecular weight excluding hydrogens is 470 g/mol. The lowest BCUT2D eigenvalue weighted by molar-refractivity contribution is 0.00994. The number of benzene rings is 2. The molecule has 8 heteroatoms. The van der Waals surface area contributed by atoms with Crippen LogP contribution in [0.4, 0.5) is 5.69 Å². The monoisotopic (exact) mass is 509 g/mol. The second-order valence-corrected chi connectivity index (χ2v) is 10.4. The van der Waals surface area contributed by atoms with Crippen molar-refractivity contribution in [2.45, 2.75) is 38.8 Å². The molecule has 2 aliphatic rings. The van der Waals surface area contributed by atoms with Gasteiger partial charge in [0.2, 0.25) is 0 Å². The van der Waals surface area contributed by atoms with Crippen LogP contribution in [0.15, 0.2) is 42.5 Å². The molecule has 1 heterocycles. The van der Waals surface area contributed by atoms with Crippen LogP contribution >= 0.6 is 0 Å². The highest BCUT2D eigenvalue weighted by Crippen LogP contribution is 2.32. The zero-order valence-corrected chi connectivity index (χ0v) is 22.5. The number of nitrogens with zero attached hydrogens (tertiary/aromatic N) is 2. The normalized spacial score (nSPS) is 23.3. The Labute approximate surface area is 219 Å². The Morgan fingerprint density at radius 2 is 1.86 bits per heavy atom. The number of carbonyl (C=O) groups excluding carboxylic acids is 2. The van der Waals surface area contributed by atoms with E-state index < -0.39 is 0 Å². The van der Waals surface area contributed by atoms with Crippen LogP contribution in [0.5, 0.6) is 11.5 Å². The zero-order chi connectivity index (χ0) is 26.5. The van der Waals surface area contributed by atoms with Gasteiger partial charge >= 0.3 is 0 Å². The average Bonchev–Trinajstić information content (AvgIpc) is 3.73. The fourth-order valence-corrected chi connectivity index (χ4v) is 4.84. The van der Waals surface area contributed by atoms with Gasteiger partial charge in [-0.05, 0) is 55.9 Å². The molecule has 200 valence electrons. The number of rotatable bonds is 6. The number of nitrogens with one attached hydrogen (secondary N) is 1. The number of hydrogen-bond acceptors (Lipinski definition) is 6. The molecule has 0 saturated heterocycles. The molecule has 1 aliphatic carbocycles. The summed E-state index contributed by atoms with van der Waals surface area (Å²) in [4.78, 5) is 30.6. The number of likely N-dealkylation sites (N-methyl/N-ethyl adjacent to an activating group) is 1. The van der Waals surface area contributed by atoms with E-state index in [1.807, 2.05) is 6.07 Å². The third kappa shape index (κ3) is 6.62. The van der Waals surface area contributed by atoms with Crippen LogP contribution in [0.1, 0.15) is 47.4 Å². The standard InChI is InChI=1S/C29H39N3O5/c1-19-15-32(16-21-10-11-21)20(2)18-37-26-14-22(30-28(33)23-8-6-7-9-25(23)35-4)12-13-24(26)29(34)31(3)17-27(19)36-5/h6-9,12-14,19-21,27H,10-11,15-18H2,1-5H3,(H,30,33)/t19-,20+,27+/m0/s1. The molecule has 2 aromatic carbocycles. The first-order chi connectivity index (χ1) is 17.8. The summed E-state index contributed by atoms with van der Waals surface area (Å²) in [6.45, 7) is 7.20. The number of para-hydroxylation sites is 1. The number of amides is 2. The maximum atomic E-state index is 13.4. The summed E-state index contributed by atoms with van der Waals surface area (Å²) in [6, 6.07) is 12.4. The summed E-state index contributed by atoms with van der Waals surface area (Å²) in [6.07, 6.45) is 2.48. The summed E-state index contributed by atoms with van der Waals surface area (Å²) in [7, 11) is 5.04. The Hall–Kier alpha value is -3.10. The molecule has 0 unspecified atom stereocenters. The summed E-state index contributed by atoms with van der Waals surface area (Å²) < 4.78 is 17.4. The maximum Gasteiger partial charge on any atom is 0.259 e. The smallest absolute Gasteiger partial charge is 0.259 e. The summed E-state index contributed by atoms with van der Waals surface area (Å²) in [5, 5.41) is 2.92. The lowest BCUT2D eigenvalue weighted by atomic mass is 10.0. The first-order valence-corrected chi connectivity index (χ1v) is 13.0. The molecule has 37 heavy (non-hydrogen) atoms. The van der Waals surface area contributed by atoms with E-state index in [1.54, 1.807) is 55.5 Å². The van der Waals surface area contributed by atoms with Gasteiger partial charge in [0.05, 0.1) is 24.3 Å². The Bertz CT molecular complexity index is 1100. The topological polar surface area (TPSA) is 80.3 Å². The van der Waals surface area contributed by atoms with Gasteiger partial charge in [0.1, 0.15) is 18.1 Å².